The molecule has 2 saturated heterocycles. The Kier molecular flexibility index (Phi) is 5.81. The number of ether oxygens (including phenoxy) is 1. The number of carbonyl (C=O) groups excluding carboxylic acids is 1. The number of hydrogen-bond donors (Lipinski definition) is 1. The van der Waals surface area contributed by atoms with E-state index in [0.717, 1.165) is 56.2 Å². The maximum atomic E-state index is 13.4. The minimum absolute atomic E-state index is 0.161. The van der Waals surface area contributed by atoms with Crippen molar-refractivity contribution in [3.63, 3.8) is 0 Å². The zero-order valence-corrected chi connectivity index (χ0v) is 19.6. The third-order valence-corrected chi connectivity index (χ3v) is 6.38. The maximum absolute atomic E-state index is 13.4. The number of likely N-dealkylation sites (tertiary alicyclic amines) is 1. The van der Waals surface area contributed by atoms with Gasteiger partial charge in [0, 0.05) is 36.1 Å². The van der Waals surface area contributed by atoms with Crippen LogP contribution < -0.4 is 10.2 Å². The van der Waals surface area contributed by atoms with Gasteiger partial charge in [-0.05, 0) is 67.7 Å². The summed E-state index contributed by atoms with van der Waals surface area (Å²) in [5.74, 6) is 0.522. The average Bonchev–Trinajstić information content (AvgIpc) is 2.67. The van der Waals surface area contributed by atoms with Crippen LogP contribution in [0.1, 0.15) is 33.6 Å². The Hall–Kier alpha value is -2.42. The van der Waals surface area contributed by atoms with Crippen LogP contribution in [0, 0.1) is 11.2 Å². The summed E-state index contributed by atoms with van der Waals surface area (Å²) < 4.78 is 19.5. The van der Waals surface area contributed by atoms with Gasteiger partial charge in [-0.15, -0.1) is 0 Å². The normalized spacial score (nSPS) is 18.0. The Bertz CT molecular complexity index is 965. The molecule has 1 spiro atoms. The molecule has 0 saturated carbocycles. The number of halogens is 2. The van der Waals surface area contributed by atoms with Crippen LogP contribution in [0.15, 0.2) is 35.2 Å². The summed E-state index contributed by atoms with van der Waals surface area (Å²) >= 11 is 3.39. The maximum Gasteiger partial charge on any atom is 0.410 e. The van der Waals surface area contributed by atoms with Crippen molar-refractivity contribution in [1.82, 2.24) is 14.9 Å². The highest BCUT2D eigenvalue weighted by Crippen LogP contribution is 2.42. The number of hydrogen-bond acceptors (Lipinski definition) is 6. The largest absolute Gasteiger partial charge is 0.444 e. The molecule has 7 nitrogen and oxygen atoms in total. The van der Waals surface area contributed by atoms with Crippen LogP contribution in [0.4, 0.5) is 26.4 Å². The first-order chi connectivity index (χ1) is 14.6. The first kappa shape index (κ1) is 21.8. The molecule has 2 aliphatic rings. The summed E-state index contributed by atoms with van der Waals surface area (Å²) in [6.07, 6.45) is 5.01. The third kappa shape index (κ3) is 4.92. The fourth-order valence-electron chi connectivity index (χ4n) is 4.13. The number of nitrogens with one attached hydrogen (secondary N) is 1. The monoisotopic (exact) mass is 491 g/mol. The molecule has 1 aromatic carbocycles. The average molecular weight is 492 g/mol. The van der Waals surface area contributed by atoms with Crippen molar-refractivity contribution >= 4 is 39.2 Å². The molecule has 0 aliphatic carbocycles. The quantitative estimate of drug-likeness (QED) is 0.654. The molecular weight excluding hydrogens is 465 g/mol. The van der Waals surface area contributed by atoms with Gasteiger partial charge in [-0.25, -0.2) is 19.2 Å². The summed E-state index contributed by atoms with van der Waals surface area (Å²) in [6.45, 7) is 8.83. The zero-order valence-electron chi connectivity index (χ0n) is 18.0. The highest BCUT2D eigenvalue weighted by atomic mass is 79.9. The number of benzene rings is 1. The molecule has 0 bridgehead atoms. The number of piperidine rings is 1. The topological polar surface area (TPSA) is 70.6 Å². The highest BCUT2D eigenvalue weighted by molar-refractivity contribution is 9.10. The number of anilines is 3. The van der Waals surface area contributed by atoms with Gasteiger partial charge < -0.3 is 19.9 Å². The number of amides is 1. The third-order valence-electron chi connectivity index (χ3n) is 5.72. The van der Waals surface area contributed by atoms with Gasteiger partial charge in [0.2, 0.25) is 0 Å². The predicted molar refractivity (Wildman–Crippen MR) is 121 cm³/mol. The van der Waals surface area contributed by atoms with E-state index in [4.69, 9.17) is 4.74 Å². The van der Waals surface area contributed by atoms with E-state index < -0.39 is 5.60 Å². The fraction of sp³-hybridized carbons (Fsp3) is 0.500. The number of carbonyl (C=O) groups is 1. The Morgan fingerprint density at radius 2 is 1.94 bits per heavy atom. The lowest BCUT2D eigenvalue weighted by Crippen LogP contribution is -2.62. The lowest BCUT2D eigenvalue weighted by atomic mass is 9.72. The number of aromatic nitrogens is 2. The van der Waals surface area contributed by atoms with Gasteiger partial charge in [-0.1, -0.05) is 0 Å². The molecule has 31 heavy (non-hydrogen) atoms. The second-order valence-electron chi connectivity index (χ2n) is 9.33. The molecule has 2 aliphatic heterocycles. The molecule has 2 aromatic rings. The van der Waals surface area contributed by atoms with Crippen LogP contribution in [-0.2, 0) is 4.74 Å². The van der Waals surface area contributed by atoms with E-state index in [-0.39, 0.29) is 17.3 Å². The van der Waals surface area contributed by atoms with Crippen LogP contribution >= 0.6 is 15.9 Å². The van der Waals surface area contributed by atoms with Crippen LogP contribution in [0.25, 0.3) is 0 Å². The van der Waals surface area contributed by atoms with Gasteiger partial charge in [0.25, 0.3) is 0 Å². The van der Waals surface area contributed by atoms with Gasteiger partial charge >= 0.3 is 6.09 Å². The lowest BCUT2D eigenvalue weighted by Gasteiger charge is -2.53. The van der Waals surface area contributed by atoms with Crippen LogP contribution in [-0.4, -0.2) is 52.7 Å². The summed E-state index contributed by atoms with van der Waals surface area (Å²) in [4.78, 5) is 24.9. The highest BCUT2D eigenvalue weighted by Gasteiger charge is 2.48. The predicted octanol–water partition coefficient (Wildman–Crippen LogP) is 4.96. The minimum Gasteiger partial charge on any atom is -0.444 e. The van der Waals surface area contributed by atoms with Gasteiger partial charge in [0.15, 0.2) is 5.82 Å². The summed E-state index contributed by atoms with van der Waals surface area (Å²) in [5, 5.41) is 3.31. The van der Waals surface area contributed by atoms with E-state index in [1.807, 2.05) is 20.8 Å². The molecule has 9 heteroatoms. The summed E-state index contributed by atoms with van der Waals surface area (Å²) in [7, 11) is 0. The zero-order chi connectivity index (χ0) is 22.2. The Labute approximate surface area is 190 Å². The molecule has 1 aromatic heterocycles. The van der Waals surface area contributed by atoms with E-state index >= 15 is 0 Å². The van der Waals surface area contributed by atoms with Crippen molar-refractivity contribution < 1.29 is 13.9 Å². The molecule has 1 amide bonds. The Morgan fingerprint density at radius 1 is 1.23 bits per heavy atom. The standard InChI is InChI=1S/C22H27BrFN5O2/c1-21(2,3)31-20(30)29-12-22(13-29)6-8-28(9-7-22)19-18(11-25-14-26-19)27-17-5-4-15(24)10-16(17)23/h4-5,10-11,14,27H,6-9,12-13H2,1-3H3. The SMILES string of the molecule is CC(C)(C)OC(=O)N1CC2(CCN(c3ncncc3Nc3ccc(F)cc3Br)CC2)C1. The lowest BCUT2D eigenvalue weighted by molar-refractivity contribution is -0.0434. The van der Waals surface area contributed by atoms with Crippen molar-refractivity contribution in [2.24, 2.45) is 5.41 Å². The molecule has 0 atom stereocenters. The van der Waals surface area contributed by atoms with Crippen LogP contribution in [0.2, 0.25) is 0 Å². The van der Waals surface area contributed by atoms with Crippen molar-refractivity contribution in [3.8, 4) is 0 Å². The van der Waals surface area contributed by atoms with Crippen molar-refractivity contribution in [1.29, 1.82) is 0 Å². The Morgan fingerprint density at radius 3 is 2.58 bits per heavy atom. The molecule has 4 rings (SSSR count). The van der Waals surface area contributed by atoms with Crippen LogP contribution in [0.3, 0.4) is 0 Å². The molecule has 0 radical (unpaired) electrons. The first-order valence-corrected chi connectivity index (χ1v) is 11.2. The van der Waals surface area contributed by atoms with E-state index in [9.17, 15) is 9.18 Å². The van der Waals surface area contributed by atoms with Gasteiger partial charge in [0.1, 0.15) is 23.4 Å². The van der Waals surface area contributed by atoms with Crippen molar-refractivity contribution in [3.05, 3.63) is 41.0 Å². The molecular formula is C22H27BrFN5O2. The van der Waals surface area contributed by atoms with Gasteiger partial charge in [-0.3, -0.25) is 0 Å². The Balaban J connectivity index is 1.38. The number of nitrogens with zero attached hydrogens (tertiary/aromatic N) is 4. The minimum atomic E-state index is -0.473. The van der Waals surface area contributed by atoms with E-state index in [1.165, 1.54) is 18.5 Å². The molecule has 166 valence electrons. The van der Waals surface area contributed by atoms with E-state index in [1.54, 1.807) is 17.2 Å². The molecule has 1 N–H and O–H groups in total. The molecule has 0 unspecified atom stereocenters. The van der Waals surface area contributed by atoms with Gasteiger partial charge in [0.05, 0.1) is 11.9 Å². The second-order valence-corrected chi connectivity index (χ2v) is 10.2. The summed E-state index contributed by atoms with van der Waals surface area (Å²) in [6, 6.07) is 4.51. The second kappa shape index (κ2) is 8.26. The van der Waals surface area contributed by atoms with Crippen molar-refractivity contribution in [2.75, 3.05) is 36.4 Å². The molecule has 2 fully saturated rings. The fourth-order valence-corrected chi connectivity index (χ4v) is 4.58. The first-order valence-electron chi connectivity index (χ1n) is 10.4. The smallest absolute Gasteiger partial charge is 0.410 e. The molecule has 3 heterocycles. The van der Waals surface area contributed by atoms with Gasteiger partial charge in [-0.2, -0.15) is 0 Å². The van der Waals surface area contributed by atoms with Crippen molar-refractivity contribution in [2.45, 2.75) is 39.2 Å². The van der Waals surface area contributed by atoms with Crippen LogP contribution in [0.5, 0.6) is 0 Å². The van der Waals surface area contributed by atoms with E-state index in [0.29, 0.717) is 4.47 Å². The summed E-state index contributed by atoms with van der Waals surface area (Å²) in [5.41, 5.74) is 1.21. The number of rotatable bonds is 3. The van der Waals surface area contributed by atoms with E-state index in [2.05, 4.69) is 36.1 Å².